The third-order valence-electron chi connectivity index (χ3n) is 9.12. The molecule has 218 valence electrons. The Bertz CT molecular complexity index is 1220. The zero-order chi connectivity index (χ0) is 28.5. The SMILES string of the molecule is COc1ccc([C@@]23CC[C@@H](NC(=O)Nc4cc(F)cc(C(F)(F)F)c4)C[C@@H]2N(C2CCCCC2)CC3)cc1OC. The number of urea groups is 1. The lowest BCUT2D eigenvalue weighted by Crippen LogP contribution is -2.55. The van der Waals surface area contributed by atoms with Crippen LogP contribution in [0.15, 0.2) is 36.4 Å². The number of carbonyl (C=O) groups is 1. The summed E-state index contributed by atoms with van der Waals surface area (Å²) in [6, 6.07) is 8.10. The molecule has 3 fully saturated rings. The van der Waals surface area contributed by atoms with E-state index >= 15 is 0 Å². The molecule has 2 aromatic carbocycles. The molecule has 0 bridgehead atoms. The average Bonchev–Trinajstić information content (AvgIpc) is 3.32. The number of rotatable bonds is 6. The molecule has 3 atom stereocenters. The van der Waals surface area contributed by atoms with E-state index in [1.165, 1.54) is 24.8 Å². The number of hydrogen-bond donors (Lipinski definition) is 2. The van der Waals surface area contributed by atoms with E-state index in [4.69, 9.17) is 9.47 Å². The second kappa shape index (κ2) is 11.5. The first-order valence-electron chi connectivity index (χ1n) is 14.1. The highest BCUT2D eigenvalue weighted by Crippen LogP contribution is 2.51. The normalized spacial score (nSPS) is 25.8. The summed E-state index contributed by atoms with van der Waals surface area (Å²) in [6.45, 7) is 0.978. The minimum atomic E-state index is -4.71. The molecular weight excluding hydrogens is 526 g/mol. The number of nitrogens with one attached hydrogen (secondary N) is 2. The molecule has 2 saturated carbocycles. The van der Waals surface area contributed by atoms with Crippen molar-refractivity contribution in [1.29, 1.82) is 0 Å². The molecular formula is C30H37F4N3O3. The highest BCUT2D eigenvalue weighted by atomic mass is 19.4. The van der Waals surface area contributed by atoms with E-state index in [0.29, 0.717) is 30.0 Å². The van der Waals surface area contributed by atoms with Gasteiger partial charge in [-0.1, -0.05) is 25.3 Å². The smallest absolute Gasteiger partial charge is 0.416 e. The van der Waals surface area contributed by atoms with Crippen LogP contribution in [0, 0.1) is 5.82 Å². The fraction of sp³-hybridized carbons (Fsp3) is 0.567. The second-order valence-electron chi connectivity index (χ2n) is 11.3. The first-order chi connectivity index (χ1) is 19.1. The van der Waals surface area contributed by atoms with Gasteiger partial charge in [0, 0.05) is 29.2 Å². The predicted octanol–water partition coefficient (Wildman–Crippen LogP) is 6.88. The molecule has 10 heteroatoms. The van der Waals surface area contributed by atoms with Gasteiger partial charge in [0.1, 0.15) is 5.82 Å². The summed E-state index contributed by atoms with van der Waals surface area (Å²) in [6.07, 6.45) is 4.60. The van der Waals surface area contributed by atoms with Gasteiger partial charge in [0.25, 0.3) is 0 Å². The van der Waals surface area contributed by atoms with Crippen LogP contribution in [0.4, 0.5) is 28.0 Å². The van der Waals surface area contributed by atoms with Crippen LogP contribution >= 0.6 is 0 Å². The number of benzene rings is 2. The summed E-state index contributed by atoms with van der Waals surface area (Å²) in [4.78, 5) is 15.5. The van der Waals surface area contributed by atoms with Crippen molar-refractivity contribution in [2.45, 2.75) is 87.5 Å². The number of hydrogen-bond acceptors (Lipinski definition) is 4. The summed E-state index contributed by atoms with van der Waals surface area (Å²) < 4.78 is 64.3. The molecule has 0 radical (unpaired) electrons. The summed E-state index contributed by atoms with van der Waals surface area (Å²) in [7, 11) is 3.25. The minimum absolute atomic E-state index is 0.101. The topological polar surface area (TPSA) is 62.8 Å². The first kappa shape index (κ1) is 28.5. The standard InChI is InChI=1S/C30H37F4N3O3/c1-39-25-9-8-19(16-26(25)40-2)29-11-10-22(18-27(29)37(13-12-29)24-6-4-3-5-7-24)35-28(38)36-23-15-20(30(32,33)34)14-21(31)17-23/h8-9,14-17,22,24,27H,3-7,10-13,18H2,1-2H3,(H2,35,36,38)/t22-,27+,29+/m1/s1. The number of nitrogens with zero attached hydrogens (tertiary/aromatic N) is 1. The van der Waals surface area contributed by atoms with Gasteiger partial charge in [0.05, 0.1) is 19.8 Å². The number of amides is 2. The maximum absolute atomic E-state index is 13.8. The van der Waals surface area contributed by atoms with Gasteiger partial charge in [0.15, 0.2) is 11.5 Å². The molecule has 40 heavy (non-hydrogen) atoms. The summed E-state index contributed by atoms with van der Waals surface area (Å²) >= 11 is 0. The molecule has 1 heterocycles. The molecule has 2 aromatic rings. The molecule has 2 amide bonds. The Kier molecular flexibility index (Phi) is 8.17. The average molecular weight is 564 g/mol. The highest BCUT2D eigenvalue weighted by Gasteiger charge is 2.53. The molecule has 1 saturated heterocycles. The van der Waals surface area contributed by atoms with E-state index in [2.05, 4.69) is 27.7 Å². The van der Waals surface area contributed by atoms with Gasteiger partial charge in [-0.05, 0) is 81.0 Å². The zero-order valence-corrected chi connectivity index (χ0v) is 23.0. The van der Waals surface area contributed by atoms with Crippen molar-refractivity contribution in [2.24, 2.45) is 0 Å². The van der Waals surface area contributed by atoms with E-state index < -0.39 is 23.6 Å². The largest absolute Gasteiger partial charge is 0.493 e. The number of fused-ring (bicyclic) bond motifs is 1. The van der Waals surface area contributed by atoms with Crippen LogP contribution in [0.3, 0.4) is 0 Å². The number of halogens is 4. The Balaban J connectivity index is 1.36. The van der Waals surface area contributed by atoms with Crippen LogP contribution in [0.5, 0.6) is 11.5 Å². The number of methoxy groups -OCH3 is 2. The zero-order valence-electron chi connectivity index (χ0n) is 23.0. The number of alkyl halides is 3. The molecule has 5 rings (SSSR count). The van der Waals surface area contributed by atoms with Crippen molar-refractivity contribution in [3.05, 3.63) is 53.3 Å². The van der Waals surface area contributed by atoms with Crippen molar-refractivity contribution >= 4 is 11.7 Å². The Morgan fingerprint density at radius 3 is 2.42 bits per heavy atom. The summed E-state index contributed by atoms with van der Waals surface area (Å²) in [5.41, 5.74) is -0.273. The van der Waals surface area contributed by atoms with Gasteiger partial charge >= 0.3 is 12.2 Å². The highest BCUT2D eigenvalue weighted by molar-refractivity contribution is 5.89. The van der Waals surface area contributed by atoms with E-state index in [9.17, 15) is 22.4 Å². The molecule has 0 aromatic heterocycles. The van der Waals surface area contributed by atoms with Gasteiger partial charge in [0.2, 0.25) is 0 Å². The lowest BCUT2D eigenvalue weighted by atomic mass is 9.64. The van der Waals surface area contributed by atoms with Crippen LogP contribution in [0.2, 0.25) is 0 Å². The molecule has 2 aliphatic carbocycles. The van der Waals surface area contributed by atoms with Crippen LogP contribution in [-0.4, -0.2) is 49.8 Å². The number of anilines is 1. The van der Waals surface area contributed by atoms with Gasteiger partial charge in [-0.3, -0.25) is 4.90 Å². The maximum Gasteiger partial charge on any atom is 0.416 e. The molecule has 6 nitrogen and oxygen atoms in total. The van der Waals surface area contributed by atoms with E-state index in [1.807, 2.05) is 6.07 Å². The van der Waals surface area contributed by atoms with Crippen molar-refractivity contribution in [2.75, 3.05) is 26.1 Å². The van der Waals surface area contributed by atoms with Crippen molar-refractivity contribution in [1.82, 2.24) is 10.2 Å². The van der Waals surface area contributed by atoms with Crippen molar-refractivity contribution in [3.63, 3.8) is 0 Å². The molecule has 1 aliphatic heterocycles. The summed E-state index contributed by atoms with van der Waals surface area (Å²) in [5, 5.41) is 5.38. The van der Waals surface area contributed by atoms with Gasteiger partial charge in [-0.15, -0.1) is 0 Å². The van der Waals surface area contributed by atoms with Crippen molar-refractivity contribution in [3.8, 4) is 11.5 Å². The monoisotopic (exact) mass is 563 g/mol. The fourth-order valence-corrected chi connectivity index (χ4v) is 7.23. The van der Waals surface area contributed by atoms with E-state index in [1.54, 1.807) is 14.2 Å². The number of likely N-dealkylation sites (tertiary alicyclic amines) is 1. The van der Waals surface area contributed by atoms with E-state index in [0.717, 1.165) is 50.8 Å². The fourth-order valence-electron chi connectivity index (χ4n) is 7.23. The molecule has 0 unspecified atom stereocenters. The van der Waals surface area contributed by atoms with Crippen molar-refractivity contribution < 1.29 is 31.8 Å². The lowest BCUT2D eigenvalue weighted by molar-refractivity contribution is -0.137. The Morgan fingerprint density at radius 1 is 0.975 bits per heavy atom. The molecule has 0 spiro atoms. The third kappa shape index (κ3) is 5.73. The third-order valence-corrected chi connectivity index (χ3v) is 9.12. The second-order valence-corrected chi connectivity index (χ2v) is 11.3. The van der Waals surface area contributed by atoms with Gasteiger partial charge in [-0.25, -0.2) is 9.18 Å². The lowest BCUT2D eigenvalue weighted by Gasteiger charge is -2.47. The molecule has 3 aliphatic rings. The number of carbonyl (C=O) groups excluding carboxylic acids is 1. The predicted molar refractivity (Wildman–Crippen MR) is 144 cm³/mol. The Labute approximate surface area is 232 Å². The maximum atomic E-state index is 13.8. The van der Waals surface area contributed by atoms with Crippen LogP contribution < -0.4 is 20.1 Å². The first-order valence-corrected chi connectivity index (χ1v) is 14.1. The van der Waals surface area contributed by atoms with Crippen LogP contribution in [-0.2, 0) is 11.6 Å². The minimum Gasteiger partial charge on any atom is -0.493 e. The quantitative estimate of drug-likeness (QED) is 0.376. The van der Waals surface area contributed by atoms with Crippen LogP contribution in [0.1, 0.15) is 68.9 Å². The Morgan fingerprint density at radius 2 is 1.73 bits per heavy atom. The number of ether oxygens (including phenoxy) is 2. The summed E-state index contributed by atoms with van der Waals surface area (Å²) in [5.74, 6) is 0.313. The Hall–Kier alpha value is -3.01. The van der Waals surface area contributed by atoms with Gasteiger partial charge in [-0.2, -0.15) is 13.2 Å². The van der Waals surface area contributed by atoms with Crippen LogP contribution in [0.25, 0.3) is 0 Å². The van der Waals surface area contributed by atoms with Gasteiger partial charge < -0.3 is 20.1 Å². The molecule has 2 N–H and O–H groups in total. The van der Waals surface area contributed by atoms with E-state index in [-0.39, 0.29) is 23.2 Å².